The van der Waals surface area contributed by atoms with E-state index in [4.69, 9.17) is 0 Å². The topological polar surface area (TPSA) is 26.7 Å². The number of aliphatic hydroxyl groups excluding tert-OH is 1. The Bertz CT molecular complexity index is 251. The van der Waals surface area contributed by atoms with E-state index >= 15 is 0 Å². The van der Waals surface area contributed by atoms with E-state index in [0.29, 0.717) is 12.6 Å². The molecule has 3 heteroatoms. The third kappa shape index (κ3) is 3.46. The van der Waals surface area contributed by atoms with Crippen LogP contribution in [-0.4, -0.2) is 61.3 Å². The number of nitrogens with zero attached hydrogens (tertiary/aromatic N) is 2. The van der Waals surface area contributed by atoms with Gasteiger partial charge in [0.1, 0.15) is 0 Å². The van der Waals surface area contributed by atoms with Crippen LogP contribution >= 0.6 is 0 Å². The van der Waals surface area contributed by atoms with Crippen molar-refractivity contribution in [3.8, 4) is 0 Å². The van der Waals surface area contributed by atoms with Gasteiger partial charge in [-0.3, -0.25) is 0 Å². The second kappa shape index (κ2) is 6.36. The summed E-state index contributed by atoms with van der Waals surface area (Å²) in [5.74, 6) is 0. The van der Waals surface area contributed by atoms with Crippen LogP contribution in [0, 0.1) is 5.41 Å². The first-order valence-electron chi connectivity index (χ1n) is 7.65. The van der Waals surface area contributed by atoms with E-state index in [0.717, 1.165) is 6.54 Å². The van der Waals surface area contributed by atoms with Gasteiger partial charge in [0.15, 0.2) is 0 Å². The number of hydrogen-bond acceptors (Lipinski definition) is 3. The SMILES string of the molecule is CN1CCCC(N(C)CC2(CO)CCCCC2)C1. The lowest BCUT2D eigenvalue weighted by Gasteiger charge is -2.43. The van der Waals surface area contributed by atoms with Crippen LogP contribution in [0.3, 0.4) is 0 Å². The van der Waals surface area contributed by atoms with Gasteiger partial charge >= 0.3 is 0 Å². The molecule has 0 amide bonds. The maximum atomic E-state index is 9.80. The van der Waals surface area contributed by atoms with Crippen LogP contribution in [0.5, 0.6) is 0 Å². The normalized spacial score (nSPS) is 29.7. The molecule has 2 aliphatic rings. The van der Waals surface area contributed by atoms with Crippen molar-refractivity contribution >= 4 is 0 Å². The minimum Gasteiger partial charge on any atom is -0.396 e. The molecular formula is C15H30N2O. The quantitative estimate of drug-likeness (QED) is 0.831. The summed E-state index contributed by atoms with van der Waals surface area (Å²) in [6.45, 7) is 3.90. The fraction of sp³-hybridized carbons (Fsp3) is 1.00. The molecule has 1 saturated heterocycles. The number of hydrogen-bond donors (Lipinski definition) is 1. The second-order valence-electron chi connectivity index (χ2n) is 6.69. The Morgan fingerprint density at radius 1 is 1.22 bits per heavy atom. The first-order chi connectivity index (χ1) is 8.65. The summed E-state index contributed by atoms with van der Waals surface area (Å²) in [5, 5.41) is 9.80. The maximum absolute atomic E-state index is 9.80. The van der Waals surface area contributed by atoms with Crippen LogP contribution in [0.4, 0.5) is 0 Å². The second-order valence-corrected chi connectivity index (χ2v) is 6.69. The van der Waals surface area contributed by atoms with Crippen molar-refractivity contribution in [3.63, 3.8) is 0 Å². The third-order valence-corrected chi connectivity index (χ3v) is 5.06. The molecule has 1 atom stereocenters. The number of likely N-dealkylation sites (tertiary alicyclic amines) is 1. The number of likely N-dealkylation sites (N-methyl/N-ethyl adjacent to an activating group) is 2. The molecule has 1 N–H and O–H groups in total. The molecule has 0 aromatic carbocycles. The molecule has 2 rings (SSSR count). The lowest BCUT2D eigenvalue weighted by molar-refractivity contribution is 0.0226. The molecule has 1 unspecified atom stereocenters. The van der Waals surface area contributed by atoms with E-state index in [1.54, 1.807) is 0 Å². The van der Waals surface area contributed by atoms with Gasteiger partial charge in [0.2, 0.25) is 0 Å². The first kappa shape index (κ1) is 14.3. The van der Waals surface area contributed by atoms with Crippen LogP contribution in [0.25, 0.3) is 0 Å². The van der Waals surface area contributed by atoms with E-state index in [1.165, 1.54) is 58.0 Å². The van der Waals surface area contributed by atoms with Gasteiger partial charge in [-0.1, -0.05) is 19.3 Å². The number of aliphatic hydroxyl groups is 1. The van der Waals surface area contributed by atoms with Crippen molar-refractivity contribution in [1.82, 2.24) is 9.80 Å². The minimum absolute atomic E-state index is 0.197. The zero-order valence-corrected chi connectivity index (χ0v) is 12.2. The van der Waals surface area contributed by atoms with Crippen molar-refractivity contribution in [2.24, 2.45) is 5.41 Å². The average Bonchev–Trinajstić information content (AvgIpc) is 2.40. The predicted octanol–water partition coefficient (Wildman–Crippen LogP) is 1.96. The molecule has 0 aromatic rings. The van der Waals surface area contributed by atoms with E-state index in [2.05, 4.69) is 23.9 Å². The molecule has 2 fully saturated rings. The minimum atomic E-state index is 0.197. The summed E-state index contributed by atoms with van der Waals surface area (Å²) in [6, 6.07) is 0.689. The zero-order chi connectivity index (χ0) is 13.0. The van der Waals surface area contributed by atoms with Gasteiger partial charge < -0.3 is 14.9 Å². The Hall–Kier alpha value is -0.120. The van der Waals surface area contributed by atoms with Crippen LogP contribution < -0.4 is 0 Å². The summed E-state index contributed by atoms with van der Waals surface area (Å²) < 4.78 is 0. The van der Waals surface area contributed by atoms with Gasteiger partial charge in [0.25, 0.3) is 0 Å². The molecule has 0 spiro atoms. The Morgan fingerprint density at radius 3 is 2.56 bits per heavy atom. The molecule has 0 radical (unpaired) electrons. The summed E-state index contributed by atoms with van der Waals surface area (Å²) >= 11 is 0. The van der Waals surface area contributed by atoms with Crippen LogP contribution in [0.15, 0.2) is 0 Å². The fourth-order valence-electron chi connectivity index (χ4n) is 3.83. The largest absolute Gasteiger partial charge is 0.396 e. The zero-order valence-electron chi connectivity index (χ0n) is 12.2. The smallest absolute Gasteiger partial charge is 0.0499 e. The lowest BCUT2D eigenvalue weighted by atomic mass is 9.74. The van der Waals surface area contributed by atoms with Gasteiger partial charge in [-0.25, -0.2) is 0 Å². The van der Waals surface area contributed by atoms with Gasteiger partial charge in [-0.15, -0.1) is 0 Å². The van der Waals surface area contributed by atoms with E-state index in [-0.39, 0.29) is 5.41 Å². The molecule has 0 aromatic heterocycles. The van der Waals surface area contributed by atoms with Gasteiger partial charge in [-0.2, -0.15) is 0 Å². The van der Waals surface area contributed by atoms with Gasteiger partial charge in [0.05, 0.1) is 0 Å². The van der Waals surface area contributed by atoms with Crippen molar-refractivity contribution < 1.29 is 5.11 Å². The molecule has 3 nitrogen and oxygen atoms in total. The average molecular weight is 254 g/mol. The highest BCUT2D eigenvalue weighted by atomic mass is 16.3. The van der Waals surface area contributed by atoms with Crippen LogP contribution in [0.2, 0.25) is 0 Å². The van der Waals surface area contributed by atoms with E-state index in [1.807, 2.05) is 0 Å². The summed E-state index contributed by atoms with van der Waals surface area (Å²) in [6.07, 6.45) is 9.04. The van der Waals surface area contributed by atoms with Crippen molar-refractivity contribution in [2.75, 3.05) is 40.3 Å². The standard InChI is InChI=1S/C15H30N2O/c1-16-10-6-7-14(11-16)17(2)12-15(13-18)8-4-3-5-9-15/h14,18H,3-13H2,1-2H3. The molecule has 106 valence electrons. The third-order valence-electron chi connectivity index (χ3n) is 5.06. The molecule has 1 heterocycles. The summed E-state index contributed by atoms with van der Waals surface area (Å²) in [5.41, 5.74) is 0.197. The monoisotopic (exact) mass is 254 g/mol. The molecule has 0 bridgehead atoms. The molecule has 18 heavy (non-hydrogen) atoms. The highest BCUT2D eigenvalue weighted by molar-refractivity contribution is 4.88. The van der Waals surface area contributed by atoms with Gasteiger partial charge in [-0.05, 0) is 46.3 Å². The number of piperidine rings is 1. The van der Waals surface area contributed by atoms with Crippen molar-refractivity contribution in [2.45, 2.75) is 51.0 Å². The van der Waals surface area contributed by atoms with Gasteiger partial charge in [0, 0.05) is 31.2 Å². The van der Waals surface area contributed by atoms with Crippen LogP contribution in [0.1, 0.15) is 44.9 Å². The lowest BCUT2D eigenvalue weighted by Crippen LogP contribution is -2.49. The summed E-state index contributed by atoms with van der Waals surface area (Å²) in [7, 11) is 4.48. The molecule has 1 aliphatic heterocycles. The molecular weight excluding hydrogens is 224 g/mol. The van der Waals surface area contributed by atoms with E-state index in [9.17, 15) is 5.11 Å². The Labute approximate surface area is 112 Å². The van der Waals surface area contributed by atoms with E-state index < -0.39 is 0 Å². The fourth-order valence-corrected chi connectivity index (χ4v) is 3.83. The summed E-state index contributed by atoms with van der Waals surface area (Å²) in [4.78, 5) is 4.97. The number of rotatable bonds is 4. The van der Waals surface area contributed by atoms with Crippen molar-refractivity contribution in [1.29, 1.82) is 0 Å². The Balaban J connectivity index is 1.89. The highest BCUT2D eigenvalue weighted by Crippen LogP contribution is 2.37. The van der Waals surface area contributed by atoms with Crippen LogP contribution in [-0.2, 0) is 0 Å². The van der Waals surface area contributed by atoms with Crippen molar-refractivity contribution in [3.05, 3.63) is 0 Å². The molecule has 1 aliphatic carbocycles. The molecule has 1 saturated carbocycles. The predicted molar refractivity (Wildman–Crippen MR) is 75.8 cm³/mol. The maximum Gasteiger partial charge on any atom is 0.0499 e. The highest BCUT2D eigenvalue weighted by Gasteiger charge is 2.34. The first-order valence-corrected chi connectivity index (χ1v) is 7.65. The Kier molecular flexibility index (Phi) is 5.05. The Morgan fingerprint density at radius 2 is 1.94 bits per heavy atom.